The first-order valence-electron chi connectivity index (χ1n) is 17.0. The Bertz CT molecular complexity index is 1340. The van der Waals surface area contributed by atoms with Gasteiger partial charge in [0.25, 0.3) is 5.09 Å². The van der Waals surface area contributed by atoms with Gasteiger partial charge in [0.15, 0.2) is 0 Å². The maximum absolute atomic E-state index is 13.5. The fourth-order valence-corrected chi connectivity index (χ4v) is 6.33. The summed E-state index contributed by atoms with van der Waals surface area (Å²) in [5, 5.41) is 12.2. The average Bonchev–Trinajstić information content (AvgIpc) is 3.11. The fourth-order valence-electron chi connectivity index (χ4n) is 6.33. The molecule has 3 unspecified atom stereocenters. The molecule has 49 heavy (non-hydrogen) atoms. The van der Waals surface area contributed by atoms with Crippen molar-refractivity contribution in [1.82, 2.24) is 10.2 Å². The van der Waals surface area contributed by atoms with E-state index in [0.717, 1.165) is 54.2 Å². The molecule has 1 fully saturated rings. The van der Waals surface area contributed by atoms with Crippen LogP contribution >= 0.6 is 0 Å². The first kappa shape index (κ1) is 37.5. The molecule has 4 rings (SSSR count). The number of hydrogen-bond donors (Lipinski definition) is 1. The number of nitrogens with one attached hydrogen (secondary N) is 1. The van der Waals surface area contributed by atoms with E-state index < -0.39 is 17.2 Å². The predicted octanol–water partition coefficient (Wildman–Crippen LogP) is 4.72. The van der Waals surface area contributed by atoms with Gasteiger partial charge in [-0.15, -0.1) is 10.1 Å². The van der Waals surface area contributed by atoms with E-state index in [0.29, 0.717) is 45.5 Å². The number of carbonyl (C=O) groups excluding carboxylic acids is 2. The molecule has 14 heteroatoms. The van der Waals surface area contributed by atoms with Crippen LogP contribution in [-0.4, -0.2) is 101 Å². The van der Waals surface area contributed by atoms with Crippen molar-refractivity contribution >= 4 is 17.7 Å². The van der Waals surface area contributed by atoms with E-state index in [1.807, 2.05) is 36.4 Å². The van der Waals surface area contributed by atoms with Gasteiger partial charge in [-0.05, 0) is 67.5 Å². The van der Waals surface area contributed by atoms with Crippen LogP contribution in [-0.2, 0) is 30.4 Å². The Kier molecular flexibility index (Phi) is 15.0. The second kappa shape index (κ2) is 19.6. The summed E-state index contributed by atoms with van der Waals surface area (Å²) in [7, 11) is 4.91. The van der Waals surface area contributed by atoms with Gasteiger partial charge in [0.2, 0.25) is 5.91 Å². The van der Waals surface area contributed by atoms with Crippen molar-refractivity contribution in [1.29, 1.82) is 0 Å². The number of hydrogen-bond acceptors (Lipinski definition) is 11. The number of rotatable bonds is 19. The van der Waals surface area contributed by atoms with E-state index in [9.17, 15) is 19.7 Å². The lowest BCUT2D eigenvalue weighted by molar-refractivity contribution is -0.757. The summed E-state index contributed by atoms with van der Waals surface area (Å²) in [6.07, 6.45) is 3.27. The molecule has 0 aromatic heterocycles. The van der Waals surface area contributed by atoms with Crippen LogP contribution in [0.4, 0.5) is 10.5 Å². The standard InChI is InChI=1S/C35H50N4O10/c1-36-34(40)23-28-22-30(27-10-12-29(45-3)13-11-27)33(24-38(28)35(41)47-18-6-4-5-7-19-49-39(42)43)48-25-26-9-14-32-31(21-26)37(16-20-46-32)15-8-17-44-2/h9-14,21,28,30,33H,4-8,15-20,22-25H2,1-3H3,(H,36,40). The predicted molar refractivity (Wildman–Crippen MR) is 182 cm³/mol. The van der Waals surface area contributed by atoms with Crippen LogP contribution in [0.1, 0.15) is 62.0 Å². The second-order valence-corrected chi connectivity index (χ2v) is 12.2. The highest BCUT2D eigenvalue weighted by Gasteiger charge is 2.41. The molecule has 3 atom stereocenters. The maximum Gasteiger partial charge on any atom is 0.410 e. The van der Waals surface area contributed by atoms with E-state index in [-0.39, 0.29) is 44.1 Å². The highest BCUT2D eigenvalue weighted by molar-refractivity contribution is 5.77. The van der Waals surface area contributed by atoms with Gasteiger partial charge in [-0.2, -0.15) is 0 Å². The lowest BCUT2D eigenvalue weighted by Crippen LogP contribution is -2.53. The van der Waals surface area contributed by atoms with Crippen LogP contribution in [0.15, 0.2) is 42.5 Å². The lowest BCUT2D eigenvalue weighted by Gasteiger charge is -2.43. The van der Waals surface area contributed by atoms with E-state index in [1.54, 1.807) is 26.2 Å². The van der Waals surface area contributed by atoms with Crippen molar-refractivity contribution in [2.24, 2.45) is 0 Å². The molecular weight excluding hydrogens is 636 g/mol. The molecule has 270 valence electrons. The molecule has 0 radical (unpaired) electrons. The zero-order valence-electron chi connectivity index (χ0n) is 28.8. The van der Waals surface area contributed by atoms with Crippen molar-refractivity contribution in [3.63, 3.8) is 0 Å². The Labute approximate surface area is 288 Å². The quantitative estimate of drug-likeness (QED) is 0.124. The SMILES string of the molecule is CNC(=O)CC1CC(c2ccc(OC)cc2)C(OCc2ccc3c(c2)N(CCCOC)CCO3)CN1C(=O)OCCCCCCO[N+](=O)[O-]. The monoisotopic (exact) mass is 686 g/mol. The van der Waals surface area contributed by atoms with Gasteiger partial charge in [0.05, 0.1) is 51.8 Å². The van der Waals surface area contributed by atoms with Crippen molar-refractivity contribution < 1.29 is 43.2 Å². The number of amides is 2. The van der Waals surface area contributed by atoms with Gasteiger partial charge in [0.1, 0.15) is 18.1 Å². The zero-order chi connectivity index (χ0) is 35.0. The number of unbranched alkanes of at least 4 members (excludes halogenated alkanes) is 3. The molecule has 0 spiro atoms. The number of piperidine rings is 1. The molecule has 2 amide bonds. The summed E-state index contributed by atoms with van der Waals surface area (Å²) in [6, 6.07) is 13.5. The first-order chi connectivity index (χ1) is 23.8. The summed E-state index contributed by atoms with van der Waals surface area (Å²) < 4.78 is 28.9. The number of carbonyl (C=O) groups is 2. The van der Waals surface area contributed by atoms with E-state index >= 15 is 0 Å². The van der Waals surface area contributed by atoms with Crippen molar-refractivity contribution in [3.8, 4) is 11.5 Å². The molecular formula is C35H50N4O10. The molecule has 2 aliphatic heterocycles. The molecule has 14 nitrogen and oxygen atoms in total. The van der Waals surface area contributed by atoms with E-state index in [2.05, 4.69) is 21.1 Å². The smallest absolute Gasteiger partial charge is 0.410 e. The molecule has 2 aromatic rings. The van der Waals surface area contributed by atoms with Gasteiger partial charge in [-0.25, -0.2) is 4.79 Å². The number of fused-ring (bicyclic) bond motifs is 1. The van der Waals surface area contributed by atoms with Crippen LogP contribution in [0, 0.1) is 10.1 Å². The maximum atomic E-state index is 13.5. The first-order valence-corrected chi connectivity index (χ1v) is 17.0. The average molecular weight is 687 g/mol. The third-order valence-electron chi connectivity index (χ3n) is 8.95. The van der Waals surface area contributed by atoms with Crippen molar-refractivity contribution in [2.45, 2.75) is 69.6 Å². The molecule has 2 aliphatic rings. The number of nitrogens with zero attached hydrogens (tertiary/aromatic N) is 3. The number of anilines is 1. The van der Waals surface area contributed by atoms with Gasteiger partial charge < -0.3 is 43.6 Å². The molecule has 2 aromatic carbocycles. The van der Waals surface area contributed by atoms with E-state index in [4.69, 9.17) is 23.7 Å². The lowest BCUT2D eigenvalue weighted by atomic mass is 9.82. The molecule has 2 heterocycles. The van der Waals surface area contributed by atoms with Crippen LogP contribution in [0.5, 0.6) is 11.5 Å². The zero-order valence-corrected chi connectivity index (χ0v) is 28.8. The normalized spacial score (nSPS) is 18.6. The summed E-state index contributed by atoms with van der Waals surface area (Å²) in [6.45, 7) is 3.77. The van der Waals surface area contributed by atoms with Crippen LogP contribution in [0.2, 0.25) is 0 Å². The Balaban J connectivity index is 1.48. The number of likely N-dealkylation sites (tertiary alicyclic amines) is 1. The Hall–Kier alpha value is -4.30. The highest BCUT2D eigenvalue weighted by atomic mass is 16.9. The summed E-state index contributed by atoms with van der Waals surface area (Å²) in [4.78, 5) is 44.7. The largest absolute Gasteiger partial charge is 0.497 e. The Morgan fingerprint density at radius 3 is 2.51 bits per heavy atom. The third kappa shape index (κ3) is 11.4. The Morgan fingerprint density at radius 2 is 1.80 bits per heavy atom. The molecule has 1 N–H and O–H groups in total. The minimum absolute atomic E-state index is 0.0460. The summed E-state index contributed by atoms with van der Waals surface area (Å²) in [5.74, 6) is 1.31. The minimum atomic E-state index is -0.799. The highest BCUT2D eigenvalue weighted by Crippen LogP contribution is 2.38. The van der Waals surface area contributed by atoms with Crippen LogP contribution in [0.25, 0.3) is 0 Å². The number of benzene rings is 2. The number of ether oxygens (including phenoxy) is 5. The van der Waals surface area contributed by atoms with Crippen LogP contribution in [0.3, 0.4) is 0 Å². The van der Waals surface area contributed by atoms with Gasteiger partial charge in [-0.1, -0.05) is 24.6 Å². The molecule has 1 saturated heterocycles. The second-order valence-electron chi connectivity index (χ2n) is 12.2. The summed E-state index contributed by atoms with van der Waals surface area (Å²) >= 11 is 0. The van der Waals surface area contributed by atoms with Crippen molar-refractivity contribution in [3.05, 3.63) is 63.7 Å². The molecule has 0 bridgehead atoms. The number of methoxy groups -OCH3 is 2. The fraction of sp³-hybridized carbons (Fsp3) is 0.600. The Morgan fingerprint density at radius 1 is 1.02 bits per heavy atom. The molecule has 0 saturated carbocycles. The topological polar surface area (TPSA) is 151 Å². The van der Waals surface area contributed by atoms with Gasteiger partial charge in [-0.3, -0.25) is 4.79 Å². The van der Waals surface area contributed by atoms with E-state index in [1.165, 1.54) is 0 Å². The third-order valence-corrected chi connectivity index (χ3v) is 8.95. The minimum Gasteiger partial charge on any atom is -0.497 e. The summed E-state index contributed by atoms with van der Waals surface area (Å²) in [5.41, 5.74) is 3.05. The van der Waals surface area contributed by atoms with Crippen LogP contribution < -0.4 is 19.7 Å². The van der Waals surface area contributed by atoms with Gasteiger partial charge in [0, 0.05) is 45.7 Å². The molecule has 0 aliphatic carbocycles. The van der Waals surface area contributed by atoms with Gasteiger partial charge >= 0.3 is 6.09 Å². The van der Waals surface area contributed by atoms with Crippen molar-refractivity contribution in [2.75, 3.05) is 72.2 Å².